The van der Waals surface area contributed by atoms with Gasteiger partial charge in [-0.15, -0.1) is 0 Å². The number of esters is 2. The Morgan fingerprint density at radius 3 is 2.00 bits per heavy atom. The molecule has 0 unspecified atom stereocenters. The highest BCUT2D eigenvalue weighted by molar-refractivity contribution is 5.98. The Balaban J connectivity index is 1.29. The van der Waals surface area contributed by atoms with Gasteiger partial charge in [-0.25, -0.2) is 19.3 Å². The number of rotatable bonds is 9. The van der Waals surface area contributed by atoms with Crippen molar-refractivity contribution in [1.29, 1.82) is 0 Å². The molecule has 210 valence electrons. The summed E-state index contributed by atoms with van der Waals surface area (Å²) in [5.74, 6) is -0.943. The highest BCUT2D eigenvalue weighted by atomic mass is 17.2. The summed E-state index contributed by atoms with van der Waals surface area (Å²) in [6, 6.07) is 24.4. The molecule has 0 aromatic heterocycles. The molecule has 5 aromatic carbocycles. The highest BCUT2D eigenvalue weighted by Crippen LogP contribution is 2.28. The van der Waals surface area contributed by atoms with E-state index in [4.69, 9.17) is 19.1 Å². The van der Waals surface area contributed by atoms with E-state index in [1.54, 1.807) is 78.9 Å². The minimum absolute atomic E-state index is 0.105. The van der Waals surface area contributed by atoms with Crippen molar-refractivity contribution < 1.29 is 43.5 Å². The number of ether oxygens (including phenoxy) is 3. The Morgan fingerprint density at radius 2 is 1.31 bits per heavy atom. The molecule has 5 rings (SSSR count). The van der Waals surface area contributed by atoms with Crippen LogP contribution < -0.4 is 14.4 Å². The van der Waals surface area contributed by atoms with Crippen LogP contribution in [0.5, 0.6) is 23.0 Å². The number of carbonyl (C=O) groups is 3. The number of phenolic OH excluding ortho intramolecular Hbond substituents is 1. The van der Waals surface area contributed by atoms with Gasteiger partial charge < -0.3 is 19.3 Å². The van der Waals surface area contributed by atoms with Crippen LogP contribution in [0.4, 0.5) is 0 Å². The Kier molecular flexibility index (Phi) is 8.12. The lowest BCUT2D eigenvalue weighted by molar-refractivity contribution is -0.207. The standard InChI is InChI=1S/C33H24O9/c1-3-31(35)42-41-29-11-9-21-15-24(7-5-23(21)17-29)32(36)39-28-12-13-30(26(18-28)19-38-2)40-33(37)25-6-4-22-16-27(34)10-8-20(22)14-25/h3-18,34H,1,19H2,2H3. The van der Waals surface area contributed by atoms with Gasteiger partial charge in [-0.3, -0.25) is 4.89 Å². The van der Waals surface area contributed by atoms with E-state index in [9.17, 15) is 19.5 Å². The van der Waals surface area contributed by atoms with Crippen LogP contribution in [-0.2, 0) is 21.0 Å². The first-order valence-corrected chi connectivity index (χ1v) is 12.7. The quantitative estimate of drug-likeness (QED) is 0.0723. The van der Waals surface area contributed by atoms with Gasteiger partial charge in [0.05, 0.1) is 17.7 Å². The molecule has 0 aliphatic heterocycles. The minimum Gasteiger partial charge on any atom is -0.508 e. The molecule has 0 bridgehead atoms. The van der Waals surface area contributed by atoms with E-state index in [1.165, 1.54) is 19.2 Å². The van der Waals surface area contributed by atoms with Gasteiger partial charge in [0.25, 0.3) is 0 Å². The van der Waals surface area contributed by atoms with Crippen LogP contribution in [0.2, 0.25) is 0 Å². The molecule has 0 saturated carbocycles. The molecule has 0 saturated heterocycles. The lowest BCUT2D eigenvalue weighted by atomic mass is 10.1. The molecule has 9 nitrogen and oxygen atoms in total. The monoisotopic (exact) mass is 564 g/mol. The molecule has 0 heterocycles. The largest absolute Gasteiger partial charge is 0.508 e. The molecule has 0 aliphatic carbocycles. The van der Waals surface area contributed by atoms with Crippen molar-refractivity contribution in [2.75, 3.05) is 7.11 Å². The summed E-state index contributed by atoms with van der Waals surface area (Å²) in [6.07, 6.45) is 0.984. The first kappa shape index (κ1) is 27.9. The van der Waals surface area contributed by atoms with E-state index < -0.39 is 17.9 Å². The molecule has 0 amide bonds. The van der Waals surface area contributed by atoms with E-state index in [2.05, 4.69) is 11.5 Å². The zero-order valence-corrected chi connectivity index (χ0v) is 22.4. The Hall–Kier alpha value is -5.67. The lowest BCUT2D eigenvalue weighted by Gasteiger charge is -2.12. The summed E-state index contributed by atoms with van der Waals surface area (Å²) in [5, 5.41) is 12.7. The Morgan fingerprint density at radius 1 is 0.714 bits per heavy atom. The van der Waals surface area contributed by atoms with Crippen LogP contribution in [0.3, 0.4) is 0 Å². The predicted octanol–water partition coefficient (Wildman–Crippen LogP) is 6.31. The minimum atomic E-state index is -0.722. The van der Waals surface area contributed by atoms with E-state index in [0.29, 0.717) is 22.4 Å². The lowest BCUT2D eigenvalue weighted by Crippen LogP contribution is -2.11. The van der Waals surface area contributed by atoms with Crippen LogP contribution in [-0.4, -0.2) is 30.1 Å². The second kappa shape index (κ2) is 12.2. The smallest absolute Gasteiger partial charge is 0.378 e. The van der Waals surface area contributed by atoms with Crippen molar-refractivity contribution >= 4 is 39.5 Å². The molecule has 0 aliphatic rings. The normalized spacial score (nSPS) is 10.7. The SMILES string of the molecule is C=CC(=O)OOc1ccc2cc(C(=O)Oc3ccc(OC(=O)c4ccc5cc(O)ccc5c4)c(COC)c3)ccc2c1. The zero-order chi connectivity index (χ0) is 29.6. The van der Waals surface area contributed by atoms with Gasteiger partial charge in [0.1, 0.15) is 17.2 Å². The fourth-order valence-electron chi connectivity index (χ4n) is 4.20. The second-order valence-electron chi connectivity index (χ2n) is 9.14. The van der Waals surface area contributed by atoms with Gasteiger partial charge in [0, 0.05) is 18.7 Å². The maximum absolute atomic E-state index is 12.9. The molecule has 42 heavy (non-hydrogen) atoms. The van der Waals surface area contributed by atoms with Crippen molar-refractivity contribution in [2.24, 2.45) is 0 Å². The van der Waals surface area contributed by atoms with Crippen LogP contribution in [0.1, 0.15) is 26.3 Å². The summed E-state index contributed by atoms with van der Waals surface area (Å²) in [5.41, 5.74) is 1.15. The number of methoxy groups -OCH3 is 1. The first-order chi connectivity index (χ1) is 20.3. The predicted molar refractivity (Wildman–Crippen MR) is 154 cm³/mol. The molecule has 9 heteroatoms. The average Bonchev–Trinajstić information content (AvgIpc) is 3.00. The molecule has 0 spiro atoms. The van der Waals surface area contributed by atoms with Crippen LogP contribution in [0, 0.1) is 0 Å². The third kappa shape index (κ3) is 6.38. The maximum Gasteiger partial charge on any atom is 0.378 e. The van der Waals surface area contributed by atoms with Gasteiger partial charge >= 0.3 is 17.9 Å². The Labute approximate surface area is 240 Å². The Bertz CT molecular complexity index is 1840. The first-order valence-electron chi connectivity index (χ1n) is 12.7. The summed E-state index contributed by atoms with van der Waals surface area (Å²) in [4.78, 5) is 46.6. The number of benzene rings is 5. The van der Waals surface area contributed by atoms with Gasteiger partial charge in [-0.05, 0) is 88.3 Å². The number of fused-ring (bicyclic) bond motifs is 2. The molecular weight excluding hydrogens is 540 g/mol. The van der Waals surface area contributed by atoms with Crippen molar-refractivity contribution in [1.82, 2.24) is 0 Å². The topological polar surface area (TPSA) is 118 Å². The fraction of sp³-hybridized carbons (Fsp3) is 0.0606. The van der Waals surface area contributed by atoms with Crippen LogP contribution in [0.25, 0.3) is 21.5 Å². The van der Waals surface area contributed by atoms with E-state index in [1.807, 2.05) is 0 Å². The molecule has 0 atom stereocenters. The molecular formula is C33H24O9. The van der Waals surface area contributed by atoms with Crippen molar-refractivity contribution in [3.63, 3.8) is 0 Å². The van der Waals surface area contributed by atoms with Gasteiger partial charge in [-0.2, -0.15) is 0 Å². The number of phenols is 1. The third-order valence-electron chi connectivity index (χ3n) is 6.24. The van der Waals surface area contributed by atoms with E-state index in [0.717, 1.165) is 27.6 Å². The summed E-state index contributed by atoms with van der Waals surface area (Å²) < 4.78 is 16.5. The van der Waals surface area contributed by atoms with Gasteiger partial charge in [0.15, 0.2) is 5.75 Å². The molecule has 0 fully saturated rings. The third-order valence-corrected chi connectivity index (χ3v) is 6.24. The summed E-state index contributed by atoms with van der Waals surface area (Å²) >= 11 is 0. The van der Waals surface area contributed by atoms with Gasteiger partial charge in [0.2, 0.25) is 0 Å². The molecule has 5 aromatic rings. The summed E-state index contributed by atoms with van der Waals surface area (Å²) in [6.45, 7) is 3.40. The number of hydrogen-bond acceptors (Lipinski definition) is 9. The number of aromatic hydroxyl groups is 1. The summed E-state index contributed by atoms with van der Waals surface area (Å²) in [7, 11) is 1.50. The van der Waals surface area contributed by atoms with Crippen LogP contribution in [0.15, 0.2) is 104 Å². The fourth-order valence-corrected chi connectivity index (χ4v) is 4.20. The second-order valence-corrected chi connectivity index (χ2v) is 9.14. The molecule has 0 radical (unpaired) electrons. The van der Waals surface area contributed by atoms with Gasteiger partial charge in [-0.1, -0.05) is 30.8 Å². The van der Waals surface area contributed by atoms with E-state index >= 15 is 0 Å². The average molecular weight is 565 g/mol. The van der Waals surface area contributed by atoms with Crippen molar-refractivity contribution in [3.05, 3.63) is 120 Å². The zero-order valence-electron chi connectivity index (χ0n) is 22.4. The van der Waals surface area contributed by atoms with Crippen molar-refractivity contribution in [3.8, 4) is 23.0 Å². The number of hydrogen-bond donors (Lipinski definition) is 1. The molecule has 1 N–H and O–H groups in total. The number of carbonyl (C=O) groups excluding carboxylic acids is 3. The highest BCUT2D eigenvalue weighted by Gasteiger charge is 2.16. The maximum atomic E-state index is 12.9. The van der Waals surface area contributed by atoms with Crippen LogP contribution >= 0.6 is 0 Å². The van der Waals surface area contributed by atoms with E-state index in [-0.39, 0.29) is 23.9 Å². The van der Waals surface area contributed by atoms with Crippen molar-refractivity contribution in [2.45, 2.75) is 6.61 Å².